The topological polar surface area (TPSA) is 37.4 Å². The van der Waals surface area contributed by atoms with Gasteiger partial charge in [-0.1, -0.05) is 31.0 Å². The highest BCUT2D eigenvalue weighted by Crippen LogP contribution is 2.47. The summed E-state index contributed by atoms with van der Waals surface area (Å²) < 4.78 is 13.6. The lowest BCUT2D eigenvalue weighted by Gasteiger charge is -2.21. The molecule has 3 rings (SSSR count). The van der Waals surface area contributed by atoms with Gasteiger partial charge in [0.15, 0.2) is 0 Å². The monoisotopic (exact) mass is 261 g/mol. The Balaban J connectivity index is 1.84. The molecule has 1 aliphatic carbocycles. The second-order valence-corrected chi connectivity index (χ2v) is 5.54. The SMILES string of the molecule is O=C1CC2(CCCC2)C(=O)N1Cc1ccccc1F. The van der Waals surface area contributed by atoms with Crippen LogP contribution < -0.4 is 0 Å². The molecule has 2 aliphatic rings. The van der Waals surface area contributed by atoms with Crippen LogP contribution in [0.2, 0.25) is 0 Å². The fourth-order valence-corrected chi connectivity index (χ4v) is 3.26. The molecular weight excluding hydrogens is 245 g/mol. The number of halogens is 1. The van der Waals surface area contributed by atoms with Gasteiger partial charge in [-0.05, 0) is 18.9 Å². The third-order valence-corrected chi connectivity index (χ3v) is 4.34. The highest BCUT2D eigenvalue weighted by atomic mass is 19.1. The van der Waals surface area contributed by atoms with Crippen LogP contribution in [-0.4, -0.2) is 16.7 Å². The Labute approximate surface area is 111 Å². The molecule has 3 nitrogen and oxygen atoms in total. The molecule has 1 spiro atoms. The predicted octanol–water partition coefficient (Wildman–Crippen LogP) is 2.65. The third kappa shape index (κ3) is 1.95. The molecule has 1 aromatic carbocycles. The summed E-state index contributed by atoms with van der Waals surface area (Å²) in [5.41, 5.74) is -0.0678. The Morgan fingerprint density at radius 2 is 1.84 bits per heavy atom. The molecule has 100 valence electrons. The maximum Gasteiger partial charge on any atom is 0.236 e. The average Bonchev–Trinajstić information content (AvgIpc) is 2.94. The van der Waals surface area contributed by atoms with Gasteiger partial charge < -0.3 is 0 Å². The van der Waals surface area contributed by atoms with Crippen molar-refractivity contribution in [3.05, 3.63) is 35.6 Å². The second kappa shape index (κ2) is 4.44. The van der Waals surface area contributed by atoms with Gasteiger partial charge in [-0.15, -0.1) is 0 Å². The zero-order valence-electron chi connectivity index (χ0n) is 10.7. The Morgan fingerprint density at radius 3 is 2.53 bits per heavy atom. The molecule has 0 bridgehead atoms. The number of imide groups is 1. The molecule has 1 aliphatic heterocycles. The van der Waals surface area contributed by atoms with E-state index in [1.165, 1.54) is 11.0 Å². The number of benzene rings is 1. The van der Waals surface area contributed by atoms with E-state index in [9.17, 15) is 14.0 Å². The van der Waals surface area contributed by atoms with Crippen molar-refractivity contribution in [3.8, 4) is 0 Å². The quantitative estimate of drug-likeness (QED) is 0.767. The summed E-state index contributed by atoms with van der Waals surface area (Å²) in [5.74, 6) is -0.621. The fraction of sp³-hybridized carbons (Fsp3) is 0.467. The summed E-state index contributed by atoms with van der Waals surface area (Å²) in [6, 6.07) is 6.29. The summed E-state index contributed by atoms with van der Waals surface area (Å²) in [7, 11) is 0. The van der Waals surface area contributed by atoms with E-state index < -0.39 is 5.41 Å². The van der Waals surface area contributed by atoms with Gasteiger partial charge in [-0.25, -0.2) is 4.39 Å². The van der Waals surface area contributed by atoms with Crippen LogP contribution in [0.4, 0.5) is 4.39 Å². The van der Waals surface area contributed by atoms with Crippen LogP contribution in [0.3, 0.4) is 0 Å². The molecule has 1 aromatic rings. The molecule has 1 heterocycles. The number of hydrogen-bond donors (Lipinski definition) is 0. The van der Waals surface area contributed by atoms with Crippen LogP contribution in [0.25, 0.3) is 0 Å². The molecule has 19 heavy (non-hydrogen) atoms. The van der Waals surface area contributed by atoms with Crippen LogP contribution >= 0.6 is 0 Å². The number of hydrogen-bond acceptors (Lipinski definition) is 2. The lowest BCUT2D eigenvalue weighted by Crippen LogP contribution is -2.34. The maximum absolute atomic E-state index is 13.6. The van der Waals surface area contributed by atoms with E-state index in [1.54, 1.807) is 18.2 Å². The van der Waals surface area contributed by atoms with Gasteiger partial charge in [0.2, 0.25) is 11.8 Å². The summed E-state index contributed by atoms with van der Waals surface area (Å²) in [6.45, 7) is 0.0616. The molecule has 0 atom stereocenters. The van der Waals surface area contributed by atoms with Crippen LogP contribution in [0.5, 0.6) is 0 Å². The molecule has 1 saturated heterocycles. The summed E-state index contributed by atoms with van der Waals surface area (Å²) in [4.78, 5) is 25.7. The van der Waals surface area contributed by atoms with Crippen molar-refractivity contribution in [1.29, 1.82) is 0 Å². The lowest BCUT2D eigenvalue weighted by molar-refractivity contribution is -0.142. The van der Waals surface area contributed by atoms with Crippen molar-refractivity contribution in [2.24, 2.45) is 5.41 Å². The smallest absolute Gasteiger partial charge is 0.236 e. The predicted molar refractivity (Wildman–Crippen MR) is 67.5 cm³/mol. The maximum atomic E-state index is 13.6. The molecule has 4 heteroatoms. The average molecular weight is 261 g/mol. The van der Waals surface area contributed by atoms with E-state index in [1.807, 2.05) is 0 Å². The standard InChI is InChI=1S/C15H16FNO2/c16-12-6-2-1-5-11(12)10-17-13(18)9-15(14(17)19)7-3-4-8-15/h1-2,5-6H,3-4,7-10H2. The molecular formula is C15H16FNO2. The Bertz CT molecular complexity index is 535. The largest absolute Gasteiger partial charge is 0.278 e. The Morgan fingerprint density at radius 1 is 1.16 bits per heavy atom. The van der Waals surface area contributed by atoms with E-state index >= 15 is 0 Å². The van der Waals surface area contributed by atoms with Crippen LogP contribution in [0.1, 0.15) is 37.7 Å². The van der Waals surface area contributed by atoms with Gasteiger partial charge in [0.05, 0.1) is 12.0 Å². The number of rotatable bonds is 2. The molecule has 0 radical (unpaired) electrons. The minimum Gasteiger partial charge on any atom is -0.278 e. The van der Waals surface area contributed by atoms with Crippen LogP contribution in [0, 0.1) is 11.2 Å². The minimum absolute atomic E-state index is 0.0616. The lowest BCUT2D eigenvalue weighted by atomic mass is 9.84. The van der Waals surface area contributed by atoms with Crippen LogP contribution in [-0.2, 0) is 16.1 Å². The molecule has 1 saturated carbocycles. The van der Waals surface area contributed by atoms with Gasteiger partial charge in [0.25, 0.3) is 0 Å². The van der Waals surface area contributed by atoms with Crippen molar-refractivity contribution < 1.29 is 14.0 Å². The molecule has 0 N–H and O–H groups in total. The van der Waals surface area contributed by atoms with Crippen molar-refractivity contribution in [1.82, 2.24) is 4.90 Å². The first kappa shape index (κ1) is 12.3. The Kier molecular flexibility index (Phi) is 2.88. The highest BCUT2D eigenvalue weighted by Gasteiger charge is 2.52. The first-order valence-electron chi connectivity index (χ1n) is 6.71. The number of amides is 2. The van der Waals surface area contributed by atoms with Crippen molar-refractivity contribution in [2.75, 3.05) is 0 Å². The van der Waals surface area contributed by atoms with Gasteiger partial charge >= 0.3 is 0 Å². The molecule has 0 aromatic heterocycles. The van der Waals surface area contributed by atoms with E-state index in [0.29, 0.717) is 12.0 Å². The fourth-order valence-electron chi connectivity index (χ4n) is 3.26. The zero-order valence-corrected chi connectivity index (χ0v) is 10.7. The van der Waals surface area contributed by atoms with Gasteiger partial charge in [-0.3, -0.25) is 14.5 Å². The third-order valence-electron chi connectivity index (χ3n) is 4.34. The van der Waals surface area contributed by atoms with Crippen molar-refractivity contribution in [2.45, 2.75) is 38.6 Å². The van der Waals surface area contributed by atoms with Crippen LogP contribution in [0.15, 0.2) is 24.3 Å². The van der Waals surface area contributed by atoms with Gasteiger partial charge in [0.1, 0.15) is 5.82 Å². The van der Waals surface area contributed by atoms with Gasteiger partial charge in [-0.2, -0.15) is 0 Å². The molecule has 2 amide bonds. The first-order chi connectivity index (χ1) is 9.12. The first-order valence-corrected chi connectivity index (χ1v) is 6.71. The second-order valence-electron chi connectivity index (χ2n) is 5.54. The van der Waals surface area contributed by atoms with E-state index in [0.717, 1.165) is 25.7 Å². The Hall–Kier alpha value is -1.71. The van der Waals surface area contributed by atoms with Gasteiger partial charge in [0, 0.05) is 12.0 Å². The number of nitrogens with zero attached hydrogens (tertiary/aromatic N) is 1. The number of likely N-dealkylation sites (tertiary alicyclic amines) is 1. The minimum atomic E-state index is -0.470. The highest BCUT2D eigenvalue weighted by molar-refractivity contribution is 6.05. The van der Waals surface area contributed by atoms with E-state index in [2.05, 4.69) is 0 Å². The van der Waals surface area contributed by atoms with Crippen molar-refractivity contribution in [3.63, 3.8) is 0 Å². The van der Waals surface area contributed by atoms with Crippen molar-refractivity contribution >= 4 is 11.8 Å². The number of carbonyl (C=O) groups is 2. The summed E-state index contributed by atoms with van der Waals surface area (Å²) >= 11 is 0. The molecule has 0 unspecified atom stereocenters. The summed E-state index contributed by atoms with van der Waals surface area (Å²) in [5, 5.41) is 0. The summed E-state index contributed by atoms with van der Waals surface area (Å²) in [6.07, 6.45) is 3.91. The molecule has 2 fully saturated rings. The number of carbonyl (C=O) groups excluding carboxylic acids is 2. The zero-order chi connectivity index (χ0) is 13.5. The van der Waals surface area contributed by atoms with E-state index in [-0.39, 0.29) is 24.2 Å². The van der Waals surface area contributed by atoms with E-state index in [4.69, 9.17) is 0 Å². The normalized spacial score (nSPS) is 21.6.